The maximum Gasteiger partial charge on any atom is 0.333 e. The number of hydrogen-bond acceptors (Lipinski definition) is 10. The van der Waals surface area contributed by atoms with Crippen LogP contribution in [0.1, 0.15) is 125 Å². The van der Waals surface area contributed by atoms with Gasteiger partial charge < -0.3 is 49.2 Å². The van der Waals surface area contributed by atoms with Crippen molar-refractivity contribution >= 4 is 19.4 Å². The Morgan fingerprint density at radius 2 is 1.48 bits per heavy atom. The Kier molecular flexibility index (Phi) is 17.2. The summed E-state index contributed by atoms with van der Waals surface area (Å²) in [5, 5.41) is 36.0. The van der Waals surface area contributed by atoms with E-state index in [9.17, 15) is 34.4 Å². The minimum Gasteiger partial charge on any atom is -0.393 e. The molecule has 0 radical (unpaired) electrons. The van der Waals surface area contributed by atoms with Crippen molar-refractivity contribution < 1.29 is 53.1 Å². The molecule has 4 aliphatic carbocycles. The molecule has 1 heterocycles. The molecule has 5 N–H and O–H groups in total. The Balaban J connectivity index is 0.900. The molecule has 5 fully saturated rings. The van der Waals surface area contributed by atoms with Crippen molar-refractivity contribution in [1.29, 1.82) is 0 Å². The summed E-state index contributed by atoms with van der Waals surface area (Å²) in [6, 6.07) is 0. The fraction of sp³-hybridized carbons (Fsp3) is 0.955. The number of aliphatic hydroxyl groups excluding tert-OH is 3. The van der Waals surface area contributed by atoms with Crippen molar-refractivity contribution in [2.24, 2.45) is 52.3 Å². The van der Waals surface area contributed by atoms with Crippen LogP contribution in [0.4, 0.5) is 0 Å². The quantitative estimate of drug-likeness (QED) is 0.0766. The zero-order chi connectivity index (χ0) is 42.3. The molecule has 0 spiro atoms. The summed E-state index contributed by atoms with van der Waals surface area (Å²) < 4.78 is 33.5. The number of amides is 2. The van der Waals surface area contributed by atoms with E-state index < -0.39 is 18.9 Å². The zero-order valence-corrected chi connectivity index (χ0v) is 37.5. The van der Waals surface area contributed by atoms with Crippen LogP contribution in [0.15, 0.2) is 0 Å². The smallest absolute Gasteiger partial charge is 0.333 e. The van der Waals surface area contributed by atoms with Crippen molar-refractivity contribution in [2.75, 3.05) is 65.9 Å². The summed E-state index contributed by atoms with van der Waals surface area (Å²) in [4.78, 5) is 37.7. The molecule has 0 aromatic heterocycles. The van der Waals surface area contributed by atoms with Crippen LogP contribution in [-0.4, -0.2) is 126 Å². The SMILES string of the molecule is C[C@H](CCC(=O)N1CCC(CCC(=O)NCCOCCOCCOCCOP(=O)(O)C(C)(C)C)CC1)C1CCC2C3C(C[C@H](O)[C@@]21C)[C@@]1(C)CC[C@@H](O)CC1C[C@H]3O. The molecule has 12 atom stereocenters. The Bertz CT molecular complexity index is 1370. The highest BCUT2D eigenvalue weighted by molar-refractivity contribution is 7.54. The van der Waals surface area contributed by atoms with Crippen LogP contribution in [0, 0.1) is 52.3 Å². The highest BCUT2D eigenvalue weighted by Crippen LogP contribution is 2.68. The van der Waals surface area contributed by atoms with E-state index in [0.29, 0.717) is 76.1 Å². The molecule has 14 heteroatoms. The largest absolute Gasteiger partial charge is 0.393 e. The molecule has 5 rings (SSSR count). The molecule has 6 unspecified atom stereocenters. The Labute approximate surface area is 348 Å². The lowest BCUT2D eigenvalue weighted by atomic mass is 9.43. The van der Waals surface area contributed by atoms with E-state index in [1.54, 1.807) is 20.8 Å². The number of nitrogens with zero attached hydrogens (tertiary/aromatic N) is 1. The number of carbonyl (C=O) groups excluding carboxylic acids is 2. The maximum absolute atomic E-state index is 13.4. The summed E-state index contributed by atoms with van der Waals surface area (Å²) in [5.74, 6) is 2.38. The predicted octanol–water partition coefficient (Wildman–Crippen LogP) is 5.55. The average molecular weight is 843 g/mol. The van der Waals surface area contributed by atoms with Gasteiger partial charge in [-0.2, -0.15) is 0 Å². The molecule has 1 saturated heterocycles. The molecule has 336 valence electrons. The first kappa shape index (κ1) is 47.9. The van der Waals surface area contributed by atoms with E-state index in [1.165, 1.54) is 0 Å². The van der Waals surface area contributed by atoms with E-state index in [4.69, 9.17) is 18.7 Å². The zero-order valence-electron chi connectivity index (χ0n) is 36.6. The first-order chi connectivity index (χ1) is 27.4. The molecule has 0 bridgehead atoms. The fourth-order valence-electron chi connectivity index (χ4n) is 12.0. The number of aliphatic hydroxyl groups is 3. The van der Waals surface area contributed by atoms with Gasteiger partial charge in [0.1, 0.15) is 0 Å². The molecule has 58 heavy (non-hydrogen) atoms. The van der Waals surface area contributed by atoms with Gasteiger partial charge in [-0.3, -0.25) is 14.2 Å². The Morgan fingerprint density at radius 1 is 0.845 bits per heavy atom. The summed E-state index contributed by atoms with van der Waals surface area (Å²) in [6.45, 7) is 16.0. The molecule has 0 aromatic carbocycles. The van der Waals surface area contributed by atoms with Gasteiger partial charge in [-0.25, -0.2) is 0 Å². The highest BCUT2D eigenvalue weighted by atomic mass is 31.2. The summed E-state index contributed by atoms with van der Waals surface area (Å²) in [6.07, 6.45) is 9.50. The van der Waals surface area contributed by atoms with Crippen molar-refractivity contribution in [1.82, 2.24) is 10.2 Å². The van der Waals surface area contributed by atoms with Gasteiger partial charge in [-0.05, 0) is 144 Å². The van der Waals surface area contributed by atoms with Gasteiger partial charge in [-0.1, -0.05) is 20.8 Å². The van der Waals surface area contributed by atoms with E-state index in [2.05, 4.69) is 26.1 Å². The molecule has 5 aliphatic rings. The highest BCUT2D eigenvalue weighted by Gasteiger charge is 2.65. The second-order valence-corrected chi connectivity index (χ2v) is 22.8. The molecule has 1 aliphatic heterocycles. The molecular weight excluding hydrogens is 763 g/mol. The van der Waals surface area contributed by atoms with Gasteiger partial charge in [-0.15, -0.1) is 0 Å². The number of hydrogen-bond donors (Lipinski definition) is 5. The van der Waals surface area contributed by atoms with Gasteiger partial charge in [0.25, 0.3) is 0 Å². The van der Waals surface area contributed by atoms with Crippen molar-refractivity contribution in [2.45, 2.75) is 148 Å². The lowest BCUT2D eigenvalue weighted by Gasteiger charge is -2.63. The third-order valence-electron chi connectivity index (χ3n) is 15.7. The number of likely N-dealkylation sites (tertiary alicyclic amines) is 1. The topological polar surface area (TPSA) is 184 Å². The standard InChI is InChI=1S/C44H79N2O11P/c1-30(34-9-10-35-41-36(29-38(49)44(34,35)6)43(5)16-13-33(47)27-32(43)28-37(41)48)7-12-40(51)46-18-14-31(15-19-46)8-11-39(50)45-17-20-54-21-22-55-23-24-56-25-26-57-58(52,53)42(2,3)4/h30-38,41,47-49H,7-29H2,1-6H3,(H,45,50)(H,52,53)/t30-,32?,33-,34?,35?,36?,37-,38+,41?,43+,44-/m1/s1. The number of carbonyl (C=O) groups is 2. The lowest BCUT2D eigenvalue weighted by Crippen LogP contribution is -2.62. The fourth-order valence-corrected chi connectivity index (χ4v) is 12.7. The van der Waals surface area contributed by atoms with E-state index in [0.717, 1.165) is 83.7 Å². The van der Waals surface area contributed by atoms with Crippen molar-refractivity contribution in [3.63, 3.8) is 0 Å². The van der Waals surface area contributed by atoms with Gasteiger partial charge in [0.05, 0.1) is 69.7 Å². The normalized spacial score (nSPS) is 35.7. The maximum atomic E-state index is 13.4. The summed E-state index contributed by atoms with van der Waals surface area (Å²) >= 11 is 0. The van der Waals surface area contributed by atoms with Crippen molar-refractivity contribution in [3.8, 4) is 0 Å². The molecule has 13 nitrogen and oxygen atoms in total. The third-order valence-corrected chi connectivity index (χ3v) is 18.0. The molecular formula is C44H79N2O11P. The van der Waals surface area contributed by atoms with E-state index in [-0.39, 0.29) is 65.8 Å². The van der Waals surface area contributed by atoms with Crippen LogP contribution in [0.3, 0.4) is 0 Å². The van der Waals surface area contributed by atoms with Crippen molar-refractivity contribution in [3.05, 3.63) is 0 Å². The number of piperidine rings is 1. The van der Waals surface area contributed by atoms with Gasteiger partial charge >= 0.3 is 7.60 Å². The van der Waals surface area contributed by atoms with E-state index >= 15 is 0 Å². The average Bonchev–Trinajstić information content (AvgIpc) is 3.53. The summed E-state index contributed by atoms with van der Waals surface area (Å²) in [5.41, 5.74) is -0.189. The second-order valence-electron chi connectivity index (χ2n) is 20.1. The molecule has 2 amide bonds. The monoisotopic (exact) mass is 843 g/mol. The number of ether oxygens (including phenoxy) is 3. The summed E-state index contributed by atoms with van der Waals surface area (Å²) in [7, 11) is -3.68. The first-order valence-electron chi connectivity index (χ1n) is 22.7. The van der Waals surface area contributed by atoms with Crippen LogP contribution in [-0.2, 0) is 32.9 Å². The number of fused-ring (bicyclic) bond motifs is 5. The molecule has 4 saturated carbocycles. The van der Waals surface area contributed by atoms with Gasteiger partial charge in [0.15, 0.2) is 0 Å². The van der Waals surface area contributed by atoms with Crippen LogP contribution >= 0.6 is 7.60 Å². The van der Waals surface area contributed by atoms with Crippen LogP contribution < -0.4 is 5.32 Å². The minimum atomic E-state index is -3.68. The number of nitrogens with one attached hydrogen (secondary N) is 1. The Hall–Kier alpha value is -1.15. The second kappa shape index (κ2) is 20.8. The number of rotatable bonds is 20. The van der Waals surface area contributed by atoms with Crippen LogP contribution in [0.25, 0.3) is 0 Å². The third kappa shape index (κ3) is 11.5. The minimum absolute atomic E-state index is 0.0141. The van der Waals surface area contributed by atoms with Crippen LogP contribution in [0.5, 0.6) is 0 Å². The predicted molar refractivity (Wildman–Crippen MR) is 222 cm³/mol. The van der Waals surface area contributed by atoms with Crippen LogP contribution in [0.2, 0.25) is 0 Å². The van der Waals surface area contributed by atoms with Gasteiger partial charge in [0, 0.05) is 32.5 Å². The molecule has 0 aromatic rings. The first-order valence-corrected chi connectivity index (χ1v) is 24.3. The lowest BCUT2D eigenvalue weighted by molar-refractivity contribution is -0.207. The Morgan fingerprint density at radius 3 is 2.14 bits per heavy atom. The van der Waals surface area contributed by atoms with E-state index in [1.807, 2.05) is 4.90 Å². The van der Waals surface area contributed by atoms with Gasteiger partial charge in [0.2, 0.25) is 11.8 Å².